The molecular weight excluding hydrogens is 290 g/mol. The van der Waals surface area contributed by atoms with Crippen LogP contribution in [0.5, 0.6) is 0 Å². The van der Waals surface area contributed by atoms with Gasteiger partial charge in [-0.05, 0) is 13.3 Å². The maximum atomic E-state index is 12.2. The third kappa shape index (κ3) is 3.80. The average Bonchev–Trinajstić information content (AvgIpc) is 3.08. The smallest absolute Gasteiger partial charge is 0.322 e. The van der Waals surface area contributed by atoms with Crippen LogP contribution < -0.4 is 10.6 Å². The molecule has 2 heterocycles. The monoisotopic (exact) mass is 309 g/mol. The Kier molecular flexibility index (Phi) is 5.08. The number of amides is 4. The molecule has 1 fully saturated rings. The number of rotatable bonds is 7. The molecule has 0 aliphatic carbocycles. The summed E-state index contributed by atoms with van der Waals surface area (Å²) in [5, 5.41) is 8.39. The Bertz CT molecular complexity index is 571. The first-order chi connectivity index (χ1) is 10.5. The molecule has 0 radical (unpaired) electrons. The second-order valence-corrected chi connectivity index (χ2v) is 4.92. The third-order valence-electron chi connectivity index (χ3n) is 3.39. The van der Waals surface area contributed by atoms with Gasteiger partial charge in [-0.15, -0.1) is 0 Å². The van der Waals surface area contributed by atoms with Crippen molar-refractivity contribution in [2.24, 2.45) is 0 Å². The SMILES string of the molecule is CCc1noc(CN(CC)C(=O)CC[C@@H]2NC(=O)NC2=O)n1. The van der Waals surface area contributed by atoms with Gasteiger partial charge in [0.2, 0.25) is 11.8 Å². The number of hydrogen-bond donors (Lipinski definition) is 2. The normalized spacial score (nSPS) is 17.3. The summed E-state index contributed by atoms with van der Waals surface area (Å²) in [6, 6.07) is -1.17. The van der Waals surface area contributed by atoms with Crippen molar-refractivity contribution in [2.45, 2.75) is 45.7 Å². The van der Waals surface area contributed by atoms with E-state index in [0.29, 0.717) is 24.7 Å². The Balaban J connectivity index is 1.86. The molecular formula is C13H19N5O4. The summed E-state index contributed by atoms with van der Waals surface area (Å²) in [5.41, 5.74) is 0. The van der Waals surface area contributed by atoms with E-state index in [0.717, 1.165) is 0 Å². The van der Waals surface area contributed by atoms with Crippen LogP contribution in [-0.4, -0.2) is 45.5 Å². The molecule has 120 valence electrons. The Morgan fingerprint density at radius 2 is 2.14 bits per heavy atom. The average molecular weight is 309 g/mol. The van der Waals surface area contributed by atoms with Crippen molar-refractivity contribution in [1.82, 2.24) is 25.7 Å². The van der Waals surface area contributed by atoms with Crippen molar-refractivity contribution in [3.8, 4) is 0 Å². The van der Waals surface area contributed by atoms with Gasteiger partial charge in [0.25, 0.3) is 5.91 Å². The maximum Gasteiger partial charge on any atom is 0.322 e. The van der Waals surface area contributed by atoms with Gasteiger partial charge in [-0.3, -0.25) is 14.9 Å². The second-order valence-electron chi connectivity index (χ2n) is 4.92. The van der Waals surface area contributed by atoms with Gasteiger partial charge in [-0.2, -0.15) is 4.98 Å². The lowest BCUT2D eigenvalue weighted by atomic mass is 10.1. The number of aromatic nitrogens is 2. The van der Waals surface area contributed by atoms with Crippen LogP contribution in [0.1, 0.15) is 38.4 Å². The van der Waals surface area contributed by atoms with Crippen molar-refractivity contribution < 1.29 is 18.9 Å². The van der Waals surface area contributed by atoms with Gasteiger partial charge in [0.15, 0.2) is 5.82 Å². The predicted octanol–water partition coefficient (Wildman–Crippen LogP) is -0.0313. The zero-order valence-corrected chi connectivity index (χ0v) is 12.6. The van der Waals surface area contributed by atoms with E-state index in [9.17, 15) is 14.4 Å². The largest absolute Gasteiger partial charge is 0.337 e. The zero-order valence-electron chi connectivity index (χ0n) is 12.6. The number of urea groups is 1. The minimum Gasteiger partial charge on any atom is -0.337 e. The minimum absolute atomic E-state index is 0.132. The van der Waals surface area contributed by atoms with Gasteiger partial charge in [0, 0.05) is 19.4 Å². The van der Waals surface area contributed by atoms with Gasteiger partial charge in [0.1, 0.15) is 6.04 Å². The van der Waals surface area contributed by atoms with E-state index < -0.39 is 18.0 Å². The van der Waals surface area contributed by atoms with Gasteiger partial charge >= 0.3 is 6.03 Å². The maximum absolute atomic E-state index is 12.2. The molecule has 1 saturated heterocycles. The molecule has 1 aromatic heterocycles. The summed E-state index contributed by atoms with van der Waals surface area (Å²) >= 11 is 0. The highest BCUT2D eigenvalue weighted by molar-refractivity contribution is 6.04. The summed E-state index contributed by atoms with van der Waals surface area (Å²) in [7, 11) is 0. The van der Waals surface area contributed by atoms with Crippen LogP contribution in [0.4, 0.5) is 4.79 Å². The number of hydrogen-bond acceptors (Lipinski definition) is 6. The first-order valence-electron chi connectivity index (χ1n) is 7.24. The Labute approximate surface area is 127 Å². The zero-order chi connectivity index (χ0) is 16.1. The summed E-state index contributed by atoms with van der Waals surface area (Å²) in [6.07, 6.45) is 1.08. The molecule has 22 heavy (non-hydrogen) atoms. The molecule has 0 spiro atoms. The molecule has 0 aromatic carbocycles. The third-order valence-corrected chi connectivity index (χ3v) is 3.39. The number of aryl methyl sites for hydroxylation is 1. The highest BCUT2D eigenvalue weighted by Gasteiger charge is 2.30. The molecule has 1 atom stereocenters. The molecule has 4 amide bonds. The van der Waals surface area contributed by atoms with Crippen LogP contribution in [0.3, 0.4) is 0 Å². The lowest BCUT2D eigenvalue weighted by Crippen LogP contribution is -2.34. The molecule has 2 N–H and O–H groups in total. The van der Waals surface area contributed by atoms with Crippen LogP contribution in [0, 0.1) is 0 Å². The predicted molar refractivity (Wildman–Crippen MR) is 74.5 cm³/mol. The summed E-state index contributed by atoms with van der Waals surface area (Å²) in [6.45, 7) is 4.49. The fraction of sp³-hybridized carbons (Fsp3) is 0.615. The summed E-state index contributed by atoms with van der Waals surface area (Å²) < 4.78 is 5.07. The summed E-state index contributed by atoms with van der Waals surface area (Å²) in [5.74, 6) is 0.459. The Morgan fingerprint density at radius 3 is 2.68 bits per heavy atom. The van der Waals surface area contributed by atoms with Gasteiger partial charge < -0.3 is 14.7 Å². The number of nitrogens with zero attached hydrogens (tertiary/aromatic N) is 3. The van der Waals surface area contributed by atoms with Crippen LogP contribution >= 0.6 is 0 Å². The second kappa shape index (κ2) is 7.01. The number of nitrogens with one attached hydrogen (secondary N) is 2. The van der Waals surface area contributed by atoms with Gasteiger partial charge in [-0.25, -0.2) is 4.79 Å². The van der Waals surface area contributed by atoms with Crippen molar-refractivity contribution in [3.05, 3.63) is 11.7 Å². The lowest BCUT2D eigenvalue weighted by molar-refractivity contribution is -0.132. The van der Waals surface area contributed by atoms with E-state index in [1.807, 2.05) is 13.8 Å². The molecule has 0 bridgehead atoms. The summed E-state index contributed by atoms with van der Waals surface area (Å²) in [4.78, 5) is 40.3. The van der Waals surface area contributed by atoms with E-state index in [-0.39, 0.29) is 25.3 Å². The molecule has 9 nitrogen and oxygen atoms in total. The van der Waals surface area contributed by atoms with Crippen LogP contribution in [0.15, 0.2) is 4.52 Å². The van der Waals surface area contributed by atoms with Crippen LogP contribution in [0.2, 0.25) is 0 Å². The highest BCUT2D eigenvalue weighted by Crippen LogP contribution is 2.09. The van der Waals surface area contributed by atoms with Crippen molar-refractivity contribution in [1.29, 1.82) is 0 Å². The van der Waals surface area contributed by atoms with Crippen LogP contribution in [0.25, 0.3) is 0 Å². The molecule has 1 aromatic rings. The quantitative estimate of drug-likeness (QED) is 0.683. The first-order valence-corrected chi connectivity index (χ1v) is 7.24. The molecule has 1 aliphatic heterocycles. The van der Waals surface area contributed by atoms with E-state index in [4.69, 9.17) is 4.52 Å². The van der Waals surface area contributed by atoms with Gasteiger partial charge in [-0.1, -0.05) is 12.1 Å². The van der Waals surface area contributed by atoms with E-state index >= 15 is 0 Å². The number of imide groups is 1. The number of carbonyl (C=O) groups excluding carboxylic acids is 3. The van der Waals surface area contributed by atoms with Crippen molar-refractivity contribution in [3.63, 3.8) is 0 Å². The highest BCUT2D eigenvalue weighted by atomic mass is 16.5. The Hall–Kier alpha value is -2.45. The first kappa shape index (κ1) is 15.9. The minimum atomic E-state index is -0.648. The number of carbonyl (C=O) groups is 3. The van der Waals surface area contributed by atoms with E-state index in [2.05, 4.69) is 20.8 Å². The molecule has 2 rings (SSSR count). The van der Waals surface area contributed by atoms with E-state index in [1.54, 1.807) is 4.90 Å². The fourth-order valence-corrected chi connectivity index (χ4v) is 2.13. The van der Waals surface area contributed by atoms with Crippen molar-refractivity contribution in [2.75, 3.05) is 6.54 Å². The fourth-order valence-electron chi connectivity index (χ4n) is 2.13. The Morgan fingerprint density at radius 1 is 1.36 bits per heavy atom. The lowest BCUT2D eigenvalue weighted by Gasteiger charge is -2.19. The molecule has 0 saturated carbocycles. The standard InChI is InChI=1S/C13H19N5O4/c1-3-9-15-10(22-17-9)7-18(4-2)11(19)6-5-8-12(20)16-13(21)14-8/h8H,3-7H2,1-2H3,(H2,14,16,20,21)/t8-/m0/s1. The molecule has 1 aliphatic rings. The van der Waals surface area contributed by atoms with E-state index in [1.165, 1.54) is 0 Å². The van der Waals surface area contributed by atoms with Crippen molar-refractivity contribution >= 4 is 17.8 Å². The van der Waals surface area contributed by atoms with Crippen LogP contribution in [-0.2, 0) is 22.6 Å². The molecule has 0 unspecified atom stereocenters. The molecule has 9 heteroatoms. The topological polar surface area (TPSA) is 117 Å². The van der Waals surface area contributed by atoms with Gasteiger partial charge in [0.05, 0.1) is 6.54 Å².